The number of benzene rings is 2. The van der Waals surface area contributed by atoms with E-state index < -0.39 is 0 Å². The normalized spacial score (nSPS) is 12.1. The average Bonchev–Trinajstić information content (AvgIpc) is 3.21. The summed E-state index contributed by atoms with van der Waals surface area (Å²) in [5.41, 5.74) is 3.37. The van der Waals surface area contributed by atoms with Gasteiger partial charge in [-0.15, -0.1) is 10.2 Å². The second-order valence-electron chi connectivity index (χ2n) is 7.08. The van der Waals surface area contributed by atoms with E-state index in [1.165, 1.54) is 5.56 Å². The van der Waals surface area contributed by atoms with Crippen molar-refractivity contribution in [1.82, 2.24) is 15.5 Å². The Labute approximate surface area is 169 Å². The number of carbonyl (C=O) groups is 1. The van der Waals surface area contributed by atoms with Crippen LogP contribution in [0.5, 0.6) is 11.5 Å². The topological polar surface area (TPSA) is 85.4 Å². The van der Waals surface area contributed by atoms with E-state index in [1.54, 1.807) is 12.1 Å². The molecule has 0 radical (unpaired) electrons. The quantitative estimate of drug-likeness (QED) is 0.662. The molecule has 1 aliphatic rings. The van der Waals surface area contributed by atoms with E-state index in [2.05, 4.69) is 46.8 Å². The molecule has 7 nitrogen and oxygen atoms in total. The molecule has 0 fully saturated rings. The van der Waals surface area contributed by atoms with E-state index in [4.69, 9.17) is 9.47 Å². The number of hydrogen-bond acceptors (Lipinski definition) is 6. The van der Waals surface area contributed by atoms with Crippen LogP contribution in [0.4, 0.5) is 11.5 Å². The number of fused-ring (bicyclic) bond motifs is 1. The van der Waals surface area contributed by atoms with Crippen LogP contribution in [-0.4, -0.2) is 22.9 Å². The molecule has 4 rings (SSSR count). The minimum absolute atomic E-state index is 0.225. The molecule has 0 spiro atoms. The van der Waals surface area contributed by atoms with Crippen molar-refractivity contribution >= 4 is 17.4 Å². The number of nitrogens with one attached hydrogen (secondary N) is 2. The Morgan fingerprint density at radius 3 is 2.52 bits per heavy atom. The number of hydrogen-bond donors (Lipinski definition) is 2. The van der Waals surface area contributed by atoms with Crippen molar-refractivity contribution in [2.45, 2.75) is 26.3 Å². The molecule has 29 heavy (non-hydrogen) atoms. The van der Waals surface area contributed by atoms with Gasteiger partial charge in [-0.2, -0.15) is 0 Å². The molecule has 0 aliphatic carbocycles. The molecule has 0 saturated heterocycles. The maximum Gasteiger partial charge on any atom is 0.272 e. The number of ether oxygens (including phenoxy) is 2. The van der Waals surface area contributed by atoms with Gasteiger partial charge >= 0.3 is 0 Å². The Morgan fingerprint density at radius 1 is 1.00 bits per heavy atom. The second kappa shape index (κ2) is 8.18. The molecule has 2 heterocycles. The fourth-order valence-corrected chi connectivity index (χ4v) is 2.94. The van der Waals surface area contributed by atoms with Gasteiger partial charge in [-0.05, 0) is 53.4 Å². The number of carbonyl (C=O) groups excluding carboxylic acids is 1. The van der Waals surface area contributed by atoms with E-state index >= 15 is 0 Å². The highest BCUT2D eigenvalue weighted by molar-refractivity contribution is 5.92. The van der Waals surface area contributed by atoms with Gasteiger partial charge in [0.2, 0.25) is 6.79 Å². The molecule has 2 aromatic carbocycles. The van der Waals surface area contributed by atoms with Crippen LogP contribution in [0.15, 0.2) is 54.6 Å². The summed E-state index contributed by atoms with van der Waals surface area (Å²) in [4.78, 5) is 12.3. The van der Waals surface area contributed by atoms with Crippen LogP contribution >= 0.6 is 0 Å². The first-order valence-electron chi connectivity index (χ1n) is 9.46. The van der Waals surface area contributed by atoms with Crippen LogP contribution in [0, 0.1) is 0 Å². The summed E-state index contributed by atoms with van der Waals surface area (Å²) in [5, 5.41) is 14.1. The fraction of sp³-hybridized carbons (Fsp3) is 0.227. The fourth-order valence-electron chi connectivity index (χ4n) is 2.94. The molecule has 148 valence electrons. The van der Waals surface area contributed by atoms with Crippen LogP contribution in [-0.2, 0) is 6.54 Å². The highest BCUT2D eigenvalue weighted by Gasteiger charge is 2.14. The lowest BCUT2D eigenvalue weighted by Gasteiger charge is -2.09. The van der Waals surface area contributed by atoms with Gasteiger partial charge in [-0.25, -0.2) is 0 Å². The molecule has 0 unspecified atom stereocenters. The smallest absolute Gasteiger partial charge is 0.272 e. The molecule has 1 amide bonds. The Morgan fingerprint density at radius 2 is 1.79 bits per heavy atom. The SMILES string of the molecule is CC(C)c1ccc(Nc2ccc(C(=O)NCc3ccc4c(c3)OCO4)nn2)cc1. The van der Waals surface area contributed by atoms with Gasteiger partial charge in [0.15, 0.2) is 23.0 Å². The van der Waals surface area contributed by atoms with Gasteiger partial charge in [-0.1, -0.05) is 32.0 Å². The first-order chi connectivity index (χ1) is 14.1. The lowest BCUT2D eigenvalue weighted by Crippen LogP contribution is -2.24. The number of aromatic nitrogens is 2. The Bertz CT molecular complexity index is 1000. The second-order valence-corrected chi connectivity index (χ2v) is 7.08. The van der Waals surface area contributed by atoms with Crippen LogP contribution < -0.4 is 20.1 Å². The summed E-state index contributed by atoms with van der Waals surface area (Å²) in [7, 11) is 0. The van der Waals surface area contributed by atoms with Gasteiger partial charge in [0.25, 0.3) is 5.91 Å². The molecule has 2 N–H and O–H groups in total. The molecule has 1 aliphatic heterocycles. The average molecular weight is 390 g/mol. The largest absolute Gasteiger partial charge is 0.454 e. The van der Waals surface area contributed by atoms with E-state index in [0.29, 0.717) is 29.8 Å². The summed E-state index contributed by atoms with van der Waals surface area (Å²) in [6.45, 7) is 4.90. The number of amides is 1. The van der Waals surface area contributed by atoms with E-state index in [9.17, 15) is 4.79 Å². The van der Waals surface area contributed by atoms with Crippen LogP contribution in [0.1, 0.15) is 41.4 Å². The molecule has 0 saturated carbocycles. The third-order valence-electron chi connectivity index (χ3n) is 4.64. The van der Waals surface area contributed by atoms with Crippen LogP contribution in [0.25, 0.3) is 0 Å². The number of anilines is 2. The van der Waals surface area contributed by atoms with Crippen molar-refractivity contribution in [3.05, 3.63) is 71.4 Å². The summed E-state index contributed by atoms with van der Waals surface area (Å²) in [5.74, 6) is 2.18. The molecular weight excluding hydrogens is 368 g/mol. The first kappa shape index (κ1) is 18.7. The predicted octanol–water partition coefficient (Wildman–Crippen LogP) is 4.00. The lowest BCUT2D eigenvalue weighted by molar-refractivity contribution is 0.0945. The summed E-state index contributed by atoms with van der Waals surface area (Å²) in [6.07, 6.45) is 0. The zero-order valence-corrected chi connectivity index (χ0v) is 16.3. The van der Waals surface area contributed by atoms with Gasteiger partial charge < -0.3 is 20.1 Å². The molecule has 1 aromatic heterocycles. The lowest BCUT2D eigenvalue weighted by atomic mass is 10.0. The Hall–Kier alpha value is -3.61. The summed E-state index contributed by atoms with van der Waals surface area (Å²) in [6, 6.07) is 17.1. The molecule has 0 bridgehead atoms. The van der Waals surface area contributed by atoms with Crippen molar-refractivity contribution in [2.75, 3.05) is 12.1 Å². The third-order valence-corrected chi connectivity index (χ3v) is 4.64. The van der Waals surface area contributed by atoms with E-state index in [-0.39, 0.29) is 18.4 Å². The minimum atomic E-state index is -0.289. The Balaban J connectivity index is 1.34. The molecule has 7 heteroatoms. The van der Waals surface area contributed by atoms with Crippen molar-refractivity contribution in [3.8, 4) is 11.5 Å². The van der Waals surface area contributed by atoms with Crippen molar-refractivity contribution in [1.29, 1.82) is 0 Å². The Kier molecular flexibility index (Phi) is 5.29. The first-order valence-corrected chi connectivity index (χ1v) is 9.46. The van der Waals surface area contributed by atoms with Crippen LogP contribution in [0.3, 0.4) is 0 Å². The maximum atomic E-state index is 12.3. The standard InChI is InChI=1S/C22H22N4O3/c1-14(2)16-4-6-17(7-5-16)24-21-10-8-18(25-26-21)22(27)23-12-15-3-9-19-20(11-15)29-13-28-19/h3-11,14H,12-13H2,1-2H3,(H,23,27)(H,24,26). The van der Waals surface area contributed by atoms with Crippen molar-refractivity contribution < 1.29 is 14.3 Å². The van der Waals surface area contributed by atoms with Gasteiger partial charge in [0.1, 0.15) is 0 Å². The van der Waals surface area contributed by atoms with Crippen LogP contribution in [0.2, 0.25) is 0 Å². The van der Waals surface area contributed by atoms with Gasteiger partial charge in [0.05, 0.1) is 0 Å². The maximum absolute atomic E-state index is 12.3. The van der Waals surface area contributed by atoms with Crippen molar-refractivity contribution in [2.24, 2.45) is 0 Å². The number of rotatable bonds is 6. The monoisotopic (exact) mass is 390 g/mol. The zero-order valence-electron chi connectivity index (χ0n) is 16.3. The van der Waals surface area contributed by atoms with Gasteiger partial charge in [0, 0.05) is 12.2 Å². The molecular formula is C22H22N4O3. The third kappa shape index (κ3) is 4.45. The highest BCUT2D eigenvalue weighted by Crippen LogP contribution is 2.32. The number of nitrogens with zero attached hydrogens (tertiary/aromatic N) is 2. The van der Waals surface area contributed by atoms with E-state index in [0.717, 1.165) is 11.3 Å². The van der Waals surface area contributed by atoms with Gasteiger partial charge in [-0.3, -0.25) is 4.79 Å². The predicted molar refractivity (Wildman–Crippen MR) is 110 cm³/mol. The van der Waals surface area contributed by atoms with E-state index in [1.807, 2.05) is 30.3 Å². The summed E-state index contributed by atoms with van der Waals surface area (Å²) >= 11 is 0. The minimum Gasteiger partial charge on any atom is -0.454 e. The highest BCUT2D eigenvalue weighted by atomic mass is 16.7. The molecule has 0 atom stereocenters. The molecule has 3 aromatic rings. The zero-order chi connectivity index (χ0) is 20.2. The summed E-state index contributed by atoms with van der Waals surface area (Å²) < 4.78 is 10.6. The van der Waals surface area contributed by atoms with Crippen molar-refractivity contribution in [3.63, 3.8) is 0 Å².